The van der Waals surface area contributed by atoms with Crippen LogP contribution in [0.4, 0.5) is 0 Å². The molecule has 0 saturated carbocycles. The van der Waals surface area contributed by atoms with Gasteiger partial charge in [0.15, 0.2) is 5.82 Å². The summed E-state index contributed by atoms with van der Waals surface area (Å²) in [4.78, 5) is 6.65. The molecule has 2 aromatic rings. The Hall–Kier alpha value is -1.24. The quantitative estimate of drug-likeness (QED) is 0.849. The van der Waals surface area contributed by atoms with Gasteiger partial charge < -0.3 is 9.26 Å². The van der Waals surface area contributed by atoms with Crippen LogP contribution in [0.15, 0.2) is 21.3 Å². The van der Waals surface area contributed by atoms with E-state index in [1.807, 2.05) is 6.92 Å². The fourth-order valence-electron chi connectivity index (χ4n) is 2.12. The standard InChI is InChI=1S/C12H15N3O2S/c1-9-13-12(17-14-9)11-7-16-4-3-15(11)6-10-2-5-18-8-10/h2,5,8,11H,3-4,6-7H2,1H3/t11-/m1/s1. The normalized spacial score (nSPS) is 21.3. The summed E-state index contributed by atoms with van der Waals surface area (Å²) >= 11 is 1.72. The Balaban J connectivity index is 1.77. The van der Waals surface area contributed by atoms with Gasteiger partial charge in [0.25, 0.3) is 0 Å². The van der Waals surface area contributed by atoms with E-state index in [-0.39, 0.29) is 6.04 Å². The highest BCUT2D eigenvalue weighted by molar-refractivity contribution is 7.07. The molecule has 18 heavy (non-hydrogen) atoms. The minimum Gasteiger partial charge on any atom is -0.378 e. The maximum Gasteiger partial charge on any atom is 0.246 e. The van der Waals surface area contributed by atoms with Crippen molar-refractivity contribution in [3.63, 3.8) is 0 Å². The molecule has 0 spiro atoms. The number of thiophene rings is 1. The number of nitrogens with zero attached hydrogens (tertiary/aromatic N) is 3. The van der Waals surface area contributed by atoms with Crippen LogP contribution in [-0.4, -0.2) is 34.8 Å². The van der Waals surface area contributed by atoms with Crippen LogP contribution in [0, 0.1) is 6.92 Å². The maximum atomic E-state index is 5.53. The van der Waals surface area contributed by atoms with Gasteiger partial charge in [0.05, 0.1) is 13.2 Å². The average molecular weight is 265 g/mol. The molecule has 1 saturated heterocycles. The van der Waals surface area contributed by atoms with Crippen molar-refractivity contribution in [1.29, 1.82) is 0 Å². The van der Waals surface area contributed by atoms with Gasteiger partial charge in [-0.25, -0.2) is 0 Å². The van der Waals surface area contributed by atoms with Gasteiger partial charge in [0, 0.05) is 13.1 Å². The van der Waals surface area contributed by atoms with Crippen molar-refractivity contribution in [2.24, 2.45) is 0 Å². The molecule has 1 aliphatic rings. The Morgan fingerprint density at radius 1 is 1.56 bits per heavy atom. The molecule has 3 rings (SSSR count). The van der Waals surface area contributed by atoms with Crippen molar-refractivity contribution in [2.75, 3.05) is 19.8 Å². The third kappa shape index (κ3) is 2.45. The van der Waals surface area contributed by atoms with Gasteiger partial charge in [-0.2, -0.15) is 16.3 Å². The molecule has 5 nitrogen and oxygen atoms in total. The molecule has 6 heteroatoms. The van der Waals surface area contributed by atoms with Crippen molar-refractivity contribution < 1.29 is 9.26 Å². The molecule has 1 fully saturated rings. The molecule has 3 heterocycles. The fourth-order valence-corrected chi connectivity index (χ4v) is 2.78. The van der Waals surface area contributed by atoms with Gasteiger partial charge in [-0.15, -0.1) is 0 Å². The van der Waals surface area contributed by atoms with Crippen LogP contribution in [0.2, 0.25) is 0 Å². The molecular formula is C12H15N3O2S. The molecule has 1 aliphatic heterocycles. The van der Waals surface area contributed by atoms with Gasteiger partial charge in [-0.1, -0.05) is 5.16 Å². The second kappa shape index (κ2) is 5.17. The van der Waals surface area contributed by atoms with Crippen LogP contribution < -0.4 is 0 Å². The first-order valence-electron chi connectivity index (χ1n) is 5.96. The van der Waals surface area contributed by atoms with E-state index in [2.05, 4.69) is 31.9 Å². The average Bonchev–Trinajstić information content (AvgIpc) is 3.02. The topological polar surface area (TPSA) is 51.4 Å². The van der Waals surface area contributed by atoms with Crippen LogP contribution >= 0.6 is 11.3 Å². The molecule has 0 radical (unpaired) electrons. The predicted molar refractivity (Wildman–Crippen MR) is 67.3 cm³/mol. The number of ether oxygens (including phenoxy) is 1. The Morgan fingerprint density at radius 2 is 2.50 bits per heavy atom. The number of hydrogen-bond donors (Lipinski definition) is 0. The van der Waals surface area contributed by atoms with Crippen molar-refractivity contribution in [3.05, 3.63) is 34.1 Å². The summed E-state index contributed by atoms with van der Waals surface area (Å²) in [6.45, 7) is 5.00. The molecule has 0 bridgehead atoms. The van der Waals surface area contributed by atoms with Gasteiger partial charge in [0.1, 0.15) is 6.04 Å². The first-order chi connectivity index (χ1) is 8.83. The summed E-state index contributed by atoms with van der Waals surface area (Å²) < 4.78 is 10.8. The van der Waals surface area contributed by atoms with E-state index in [0.717, 1.165) is 19.7 Å². The van der Waals surface area contributed by atoms with Crippen LogP contribution in [0.25, 0.3) is 0 Å². The van der Waals surface area contributed by atoms with Gasteiger partial charge in [0.2, 0.25) is 5.89 Å². The second-order valence-corrected chi connectivity index (χ2v) is 5.15. The van der Waals surface area contributed by atoms with Gasteiger partial charge >= 0.3 is 0 Å². The van der Waals surface area contributed by atoms with E-state index in [4.69, 9.17) is 9.26 Å². The zero-order valence-electron chi connectivity index (χ0n) is 10.2. The van der Waals surface area contributed by atoms with Crippen molar-refractivity contribution >= 4 is 11.3 Å². The van der Waals surface area contributed by atoms with Crippen molar-refractivity contribution in [3.8, 4) is 0 Å². The lowest BCUT2D eigenvalue weighted by Gasteiger charge is -2.32. The zero-order chi connectivity index (χ0) is 12.4. The summed E-state index contributed by atoms with van der Waals surface area (Å²) in [7, 11) is 0. The minimum atomic E-state index is 0.0693. The van der Waals surface area contributed by atoms with E-state index in [1.165, 1.54) is 5.56 Å². The molecule has 2 aromatic heterocycles. The van der Waals surface area contributed by atoms with Gasteiger partial charge in [-0.05, 0) is 29.3 Å². The lowest BCUT2D eigenvalue weighted by atomic mass is 10.2. The SMILES string of the molecule is Cc1noc([C@H]2COCCN2Cc2ccsc2)n1. The van der Waals surface area contributed by atoms with Gasteiger partial charge in [-0.3, -0.25) is 4.90 Å². The fraction of sp³-hybridized carbons (Fsp3) is 0.500. The summed E-state index contributed by atoms with van der Waals surface area (Å²) in [5, 5.41) is 8.13. The molecule has 0 aromatic carbocycles. The Morgan fingerprint density at radius 3 is 3.22 bits per heavy atom. The number of morpholine rings is 1. The first-order valence-corrected chi connectivity index (χ1v) is 6.90. The molecule has 0 amide bonds. The smallest absolute Gasteiger partial charge is 0.246 e. The molecule has 0 N–H and O–H groups in total. The lowest BCUT2D eigenvalue weighted by Crippen LogP contribution is -2.39. The van der Waals surface area contributed by atoms with E-state index >= 15 is 0 Å². The highest BCUT2D eigenvalue weighted by Crippen LogP contribution is 2.25. The zero-order valence-corrected chi connectivity index (χ0v) is 11.0. The minimum absolute atomic E-state index is 0.0693. The number of hydrogen-bond acceptors (Lipinski definition) is 6. The van der Waals surface area contributed by atoms with Crippen LogP contribution in [-0.2, 0) is 11.3 Å². The molecular weight excluding hydrogens is 250 g/mol. The number of rotatable bonds is 3. The molecule has 0 unspecified atom stereocenters. The van der Waals surface area contributed by atoms with E-state index in [0.29, 0.717) is 18.3 Å². The Labute approximate surface area is 109 Å². The summed E-state index contributed by atoms with van der Waals surface area (Å²) in [5.41, 5.74) is 1.32. The molecule has 96 valence electrons. The van der Waals surface area contributed by atoms with Crippen LogP contribution in [0.1, 0.15) is 23.3 Å². The van der Waals surface area contributed by atoms with Crippen LogP contribution in [0.3, 0.4) is 0 Å². The van der Waals surface area contributed by atoms with Crippen molar-refractivity contribution in [1.82, 2.24) is 15.0 Å². The Bertz CT molecular complexity index is 497. The third-order valence-electron chi connectivity index (χ3n) is 3.03. The highest BCUT2D eigenvalue weighted by Gasteiger charge is 2.29. The third-order valence-corrected chi connectivity index (χ3v) is 3.77. The largest absolute Gasteiger partial charge is 0.378 e. The number of aromatic nitrogens is 2. The Kier molecular flexibility index (Phi) is 3.40. The van der Waals surface area contributed by atoms with Crippen molar-refractivity contribution in [2.45, 2.75) is 19.5 Å². The van der Waals surface area contributed by atoms with E-state index < -0.39 is 0 Å². The van der Waals surface area contributed by atoms with E-state index in [9.17, 15) is 0 Å². The highest BCUT2D eigenvalue weighted by atomic mass is 32.1. The summed E-state index contributed by atoms with van der Waals surface area (Å²) in [6, 6.07) is 2.22. The number of aryl methyl sites for hydroxylation is 1. The molecule has 0 aliphatic carbocycles. The monoisotopic (exact) mass is 265 g/mol. The summed E-state index contributed by atoms with van der Waals surface area (Å²) in [5.74, 6) is 1.33. The lowest BCUT2D eigenvalue weighted by molar-refractivity contribution is -0.0240. The molecule has 1 atom stereocenters. The predicted octanol–water partition coefficient (Wildman–Crippen LogP) is 2.01. The summed E-state index contributed by atoms with van der Waals surface area (Å²) in [6.07, 6.45) is 0. The van der Waals surface area contributed by atoms with E-state index in [1.54, 1.807) is 11.3 Å². The second-order valence-electron chi connectivity index (χ2n) is 4.37. The maximum absolute atomic E-state index is 5.53. The van der Waals surface area contributed by atoms with Crippen LogP contribution in [0.5, 0.6) is 0 Å². The first kappa shape index (κ1) is 11.8.